The molecular formula is C10H12N4O2. The molecule has 0 aliphatic rings. The van der Waals surface area contributed by atoms with Gasteiger partial charge in [0.05, 0.1) is 16.8 Å². The molecule has 0 atom stereocenters. The molecule has 0 fully saturated rings. The zero-order valence-corrected chi connectivity index (χ0v) is 9.27. The number of aromatic nitrogens is 3. The summed E-state index contributed by atoms with van der Waals surface area (Å²) in [5.74, 6) is -0.998. The van der Waals surface area contributed by atoms with Crippen LogP contribution in [0.5, 0.6) is 0 Å². The monoisotopic (exact) mass is 220 g/mol. The molecule has 0 saturated carbocycles. The van der Waals surface area contributed by atoms with E-state index in [0.717, 1.165) is 11.1 Å². The number of carboxylic acid groups (broad SMARTS) is 1. The fraction of sp³-hybridized carbons (Fsp3) is 0.300. The molecule has 0 aliphatic carbocycles. The number of hydrogen-bond donors (Lipinski definition) is 2. The highest BCUT2D eigenvalue weighted by Crippen LogP contribution is 2.27. The fourth-order valence-corrected chi connectivity index (χ4v) is 1.83. The van der Waals surface area contributed by atoms with Crippen molar-refractivity contribution >= 4 is 22.7 Å². The summed E-state index contributed by atoms with van der Waals surface area (Å²) < 4.78 is 1.64. The number of carbonyl (C=O) groups is 1. The van der Waals surface area contributed by atoms with Crippen molar-refractivity contribution in [2.75, 3.05) is 12.4 Å². The van der Waals surface area contributed by atoms with Gasteiger partial charge in [0.25, 0.3) is 0 Å². The number of hydrogen-bond acceptors (Lipinski definition) is 4. The van der Waals surface area contributed by atoms with Crippen LogP contribution in [0, 0.1) is 6.92 Å². The minimum Gasteiger partial charge on any atom is -0.478 e. The van der Waals surface area contributed by atoms with E-state index in [-0.39, 0.29) is 5.56 Å². The molecular weight excluding hydrogens is 208 g/mol. The molecule has 0 amide bonds. The maximum absolute atomic E-state index is 11.0. The number of nitrogens with one attached hydrogen (secondary N) is 1. The zero-order chi connectivity index (χ0) is 11.9. The number of nitrogens with zero attached hydrogens (tertiary/aromatic N) is 3. The number of aryl methyl sites for hydroxylation is 2. The summed E-state index contributed by atoms with van der Waals surface area (Å²) >= 11 is 0. The molecule has 0 unspecified atom stereocenters. The average Bonchev–Trinajstić information content (AvgIpc) is 2.53. The summed E-state index contributed by atoms with van der Waals surface area (Å²) in [5.41, 5.74) is 2.15. The first-order chi connectivity index (χ1) is 7.56. The molecule has 84 valence electrons. The maximum Gasteiger partial charge on any atom is 0.339 e. The number of fused-ring (bicyclic) bond motifs is 1. The van der Waals surface area contributed by atoms with E-state index in [4.69, 9.17) is 5.11 Å². The molecule has 2 N–H and O–H groups in total. The van der Waals surface area contributed by atoms with Crippen LogP contribution in [0.2, 0.25) is 0 Å². The van der Waals surface area contributed by atoms with Gasteiger partial charge in [0.1, 0.15) is 5.56 Å². The molecule has 0 saturated heterocycles. The zero-order valence-electron chi connectivity index (χ0n) is 9.27. The van der Waals surface area contributed by atoms with Gasteiger partial charge in [0, 0.05) is 20.3 Å². The Labute approximate surface area is 91.9 Å². The van der Waals surface area contributed by atoms with Gasteiger partial charge >= 0.3 is 5.97 Å². The molecule has 2 aromatic rings. The van der Waals surface area contributed by atoms with Crippen LogP contribution in [-0.2, 0) is 7.05 Å². The molecule has 16 heavy (non-hydrogen) atoms. The summed E-state index contributed by atoms with van der Waals surface area (Å²) in [6, 6.07) is 0. The Morgan fingerprint density at radius 1 is 1.56 bits per heavy atom. The van der Waals surface area contributed by atoms with Crippen LogP contribution < -0.4 is 5.32 Å². The van der Waals surface area contributed by atoms with Crippen LogP contribution in [0.15, 0.2) is 6.20 Å². The van der Waals surface area contributed by atoms with Crippen LogP contribution in [0.4, 0.5) is 5.69 Å². The summed E-state index contributed by atoms with van der Waals surface area (Å²) in [6.45, 7) is 1.83. The van der Waals surface area contributed by atoms with Crippen molar-refractivity contribution in [1.29, 1.82) is 0 Å². The van der Waals surface area contributed by atoms with Gasteiger partial charge in [-0.05, 0) is 6.92 Å². The van der Waals surface area contributed by atoms with Gasteiger partial charge in [-0.2, -0.15) is 5.10 Å². The van der Waals surface area contributed by atoms with Crippen LogP contribution in [0.3, 0.4) is 0 Å². The SMILES string of the molecule is CNc1c(C(=O)O)cnc2c1c(C)nn2C. The van der Waals surface area contributed by atoms with E-state index in [0.29, 0.717) is 11.3 Å². The first kappa shape index (κ1) is 10.4. The number of carboxylic acids is 1. The first-order valence-electron chi connectivity index (χ1n) is 4.79. The van der Waals surface area contributed by atoms with Crippen molar-refractivity contribution in [2.45, 2.75) is 6.92 Å². The second kappa shape index (κ2) is 3.48. The minimum absolute atomic E-state index is 0.158. The lowest BCUT2D eigenvalue weighted by molar-refractivity contribution is 0.0697. The predicted molar refractivity (Wildman–Crippen MR) is 59.8 cm³/mol. The maximum atomic E-state index is 11.0. The van der Waals surface area contributed by atoms with Gasteiger partial charge in [0.15, 0.2) is 5.65 Å². The lowest BCUT2D eigenvalue weighted by Gasteiger charge is -2.06. The average molecular weight is 220 g/mol. The third-order valence-electron chi connectivity index (χ3n) is 2.51. The highest BCUT2D eigenvalue weighted by atomic mass is 16.4. The van der Waals surface area contributed by atoms with Crippen molar-refractivity contribution in [3.63, 3.8) is 0 Å². The molecule has 6 nitrogen and oxygen atoms in total. The molecule has 2 heterocycles. The molecule has 2 rings (SSSR count). The number of aromatic carboxylic acids is 1. The summed E-state index contributed by atoms with van der Waals surface area (Å²) in [7, 11) is 3.47. The number of pyridine rings is 1. The second-order valence-corrected chi connectivity index (χ2v) is 3.51. The third kappa shape index (κ3) is 1.30. The highest BCUT2D eigenvalue weighted by Gasteiger charge is 2.17. The van der Waals surface area contributed by atoms with E-state index < -0.39 is 5.97 Å². The van der Waals surface area contributed by atoms with Crippen molar-refractivity contribution in [2.24, 2.45) is 7.05 Å². The minimum atomic E-state index is -0.998. The van der Waals surface area contributed by atoms with E-state index >= 15 is 0 Å². The van der Waals surface area contributed by atoms with E-state index in [1.807, 2.05) is 6.92 Å². The molecule has 2 aromatic heterocycles. The molecule has 0 spiro atoms. The fourth-order valence-electron chi connectivity index (χ4n) is 1.83. The summed E-state index contributed by atoms with van der Waals surface area (Å²) in [4.78, 5) is 15.1. The Balaban J connectivity index is 2.90. The van der Waals surface area contributed by atoms with E-state index in [1.54, 1.807) is 18.8 Å². The van der Waals surface area contributed by atoms with Gasteiger partial charge in [-0.3, -0.25) is 4.68 Å². The normalized spacial score (nSPS) is 10.7. The van der Waals surface area contributed by atoms with Crippen LogP contribution >= 0.6 is 0 Å². The van der Waals surface area contributed by atoms with Crippen LogP contribution in [-0.4, -0.2) is 32.9 Å². The van der Waals surface area contributed by atoms with Crippen LogP contribution in [0.25, 0.3) is 11.0 Å². The van der Waals surface area contributed by atoms with Gasteiger partial charge in [-0.15, -0.1) is 0 Å². The highest BCUT2D eigenvalue weighted by molar-refractivity contribution is 6.04. The predicted octanol–water partition coefficient (Wildman–Crippen LogP) is 1.02. The summed E-state index contributed by atoms with van der Waals surface area (Å²) in [5, 5.41) is 16.9. The lowest BCUT2D eigenvalue weighted by Crippen LogP contribution is -2.05. The van der Waals surface area contributed by atoms with E-state index in [1.165, 1.54) is 6.20 Å². The van der Waals surface area contributed by atoms with Gasteiger partial charge in [0.2, 0.25) is 0 Å². The molecule has 0 radical (unpaired) electrons. The van der Waals surface area contributed by atoms with Crippen molar-refractivity contribution in [3.05, 3.63) is 17.5 Å². The lowest BCUT2D eigenvalue weighted by atomic mass is 10.1. The molecule has 0 bridgehead atoms. The Hall–Kier alpha value is -2.11. The van der Waals surface area contributed by atoms with Gasteiger partial charge in [-0.1, -0.05) is 0 Å². The van der Waals surface area contributed by atoms with Gasteiger partial charge in [-0.25, -0.2) is 9.78 Å². The largest absolute Gasteiger partial charge is 0.478 e. The van der Waals surface area contributed by atoms with Gasteiger partial charge < -0.3 is 10.4 Å². The van der Waals surface area contributed by atoms with Crippen molar-refractivity contribution < 1.29 is 9.90 Å². The first-order valence-corrected chi connectivity index (χ1v) is 4.79. The van der Waals surface area contributed by atoms with Crippen LogP contribution in [0.1, 0.15) is 16.1 Å². The van der Waals surface area contributed by atoms with E-state index in [2.05, 4.69) is 15.4 Å². The van der Waals surface area contributed by atoms with Crippen molar-refractivity contribution in [1.82, 2.24) is 14.8 Å². The Bertz CT molecular complexity index is 574. The third-order valence-corrected chi connectivity index (χ3v) is 2.51. The second-order valence-electron chi connectivity index (χ2n) is 3.51. The topological polar surface area (TPSA) is 80.0 Å². The number of rotatable bonds is 2. The number of anilines is 1. The molecule has 6 heteroatoms. The molecule has 0 aromatic carbocycles. The Morgan fingerprint density at radius 3 is 2.81 bits per heavy atom. The van der Waals surface area contributed by atoms with Crippen molar-refractivity contribution in [3.8, 4) is 0 Å². The Kier molecular flexibility index (Phi) is 2.26. The van der Waals surface area contributed by atoms with E-state index in [9.17, 15) is 4.79 Å². The smallest absolute Gasteiger partial charge is 0.339 e. The Morgan fingerprint density at radius 2 is 2.25 bits per heavy atom. The molecule has 0 aliphatic heterocycles. The standard InChI is InChI=1S/C10H12N4O2/c1-5-7-8(11-2)6(10(15)16)4-12-9(7)14(3)13-5/h4H,1-3H3,(H,11,12)(H,15,16). The quantitative estimate of drug-likeness (QED) is 0.789. The summed E-state index contributed by atoms with van der Waals surface area (Å²) in [6.07, 6.45) is 1.34.